The molecule has 1 aliphatic heterocycles. The Hall–Kier alpha value is -1.80. The Kier molecular flexibility index (Phi) is 3.96. The highest BCUT2D eigenvalue weighted by Gasteiger charge is 2.28. The maximum Gasteiger partial charge on any atom is 0.211 e. The fraction of sp³-hybridized carbons (Fsp3) is 0.500. The lowest BCUT2D eigenvalue weighted by molar-refractivity contribution is 0.459. The monoisotopic (exact) mass is 321 g/mol. The smallest absolute Gasteiger partial charge is 0.211 e. The van der Waals surface area contributed by atoms with Crippen molar-refractivity contribution < 1.29 is 8.42 Å². The third-order valence-corrected chi connectivity index (χ3v) is 5.14. The lowest BCUT2D eigenvalue weighted by Gasteiger charge is -2.13. The van der Waals surface area contributed by atoms with Crippen molar-refractivity contribution in [3.8, 4) is 11.4 Å². The minimum absolute atomic E-state index is 0.292. The topological polar surface area (TPSA) is 91.8 Å². The van der Waals surface area contributed by atoms with Gasteiger partial charge in [0.2, 0.25) is 10.0 Å². The third-order valence-electron chi connectivity index (χ3n) is 3.87. The number of H-pyrrole nitrogens is 1. The zero-order valence-electron chi connectivity index (χ0n) is 12.7. The summed E-state index contributed by atoms with van der Waals surface area (Å²) in [7, 11) is -3.09. The van der Waals surface area contributed by atoms with Gasteiger partial charge in [-0.2, -0.15) is 5.10 Å². The van der Waals surface area contributed by atoms with Crippen LogP contribution in [0.5, 0.6) is 0 Å². The van der Waals surface area contributed by atoms with Crippen molar-refractivity contribution in [2.45, 2.75) is 19.8 Å². The van der Waals surface area contributed by atoms with E-state index >= 15 is 0 Å². The van der Waals surface area contributed by atoms with Gasteiger partial charge in [-0.15, -0.1) is 0 Å². The molecule has 7 nitrogen and oxygen atoms in total. The van der Waals surface area contributed by atoms with Gasteiger partial charge >= 0.3 is 0 Å². The van der Waals surface area contributed by atoms with Crippen LogP contribution >= 0.6 is 0 Å². The first-order chi connectivity index (χ1) is 10.4. The molecule has 0 amide bonds. The quantitative estimate of drug-likeness (QED) is 0.907. The third kappa shape index (κ3) is 3.33. The first kappa shape index (κ1) is 15.1. The number of hydrogen-bond donors (Lipinski definition) is 1. The number of aryl methyl sites for hydroxylation is 1. The average molecular weight is 321 g/mol. The van der Waals surface area contributed by atoms with Crippen LogP contribution in [0.3, 0.4) is 0 Å². The molecule has 0 radical (unpaired) electrons. The maximum atomic E-state index is 11.6. The molecule has 1 unspecified atom stereocenters. The first-order valence-electron chi connectivity index (χ1n) is 7.20. The van der Waals surface area contributed by atoms with Crippen molar-refractivity contribution in [1.29, 1.82) is 0 Å². The SMILES string of the molecule is Cc1cc(-c2cncc(CC3CCN(S(C)(=O)=O)C3)n2)n[nH]1. The molecule has 3 heterocycles. The number of nitrogens with one attached hydrogen (secondary N) is 1. The fourth-order valence-corrected chi connectivity index (χ4v) is 3.66. The molecule has 1 fully saturated rings. The van der Waals surface area contributed by atoms with Gasteiger partial charge in [-0.3, -0.25) is 10.1 Å². The molecule has 1 saturated heterocycles. The van der Waals surface area contributed by atoms with Crippen LogP contribution in [0.25, 0.3) is 11.4 Å². The highest BCUT2D eigenvalue weighted by molar-refractivity contribution is 7.88. The Bertz CT molecular complexity index is 771. The van der Waals surface area contributed by atoms with E-state index in [0.29, 0.717) is 19.0 Å². The van der Waals surface area contributed by atoms with Crippen LogP contribution < -0.4 is 0 Å². The minimum Gasteiger partial charge on any atom is -0.282 e. The lowest BCUT2D eigenvalue weighted by atomic mass is 10.0. The highest BCUT2D eigenvalue weighted by Crippen LogP contribution is 2.23. The van der Waals surface area contributed by atoms with Crippen LogP contribution in [-0.2, 0) is 16.4 Å². The second-order valence-corrected chi connectivity index (χ2v) is 7.79. The molecule has 2 aromatic rings. The Morgan fingerprint density at radius 2 is 2.18 bits per heavy atom. The van der Waals surface area contributed by atoms with Crippen molar-refractivity contribution >= 4 is 10.0 Å². The van der Waals surface area contributed by atoms with E-state index in [2.05, 4.69) is 20.2 Å². The Morgan fingerprint density at radius 3 is 2.82 bits per heavy atom. The molecule has 3 rings (SSSR count). The molecule has 1 atom stereocenters. The number of rotatable bonds is 4. The summed E-state index contributed by atoms with van der Waals surface area (Å²) in [6, 6.07) is 1.93. The van der Waals surface area contributed by atoms with Crippen molar-refractivity contribution in [3.63, 3.8) is 0 Å². The molecule has 2 aromatic heterocycles. The average Bonchev–Trinajstić information content (AvgIpc) is 3.08. The van der Waals surface area contributed by atoms with Gasteiger partial charge in [-0.1, -0.05) is 0 Å². The van der Waals surface area contributed by atoms with E-state index < -0.39 is 10.0 Å². The van der Waals surface area contributed by atoms with Gasteiger partial charge in [-0.25, -0.2) is 17.7 Å². The molecule has 0 bridgehead atoms. The summed E-state index contributed by atoms with van der Waals surface area (Å²) in [5, 5.41) is 7.08. The van der Waals surface area contributed by atoms with E-state index in [0.717, 1.165) is 35.6 Å². The van der Waals surface area contributed by atoms with E-state index in [1.54, 1.807) is 12.4 Å². The summed E-state index contributed by atoms with van der Waals surface area (Å²) in [6.45, 7) is 3.09. The lowest BCUT2D eigenvalue weighted by Crippen LogP contribution is -2.27. The van der Waals surface area contributed by atoms with E-state index in [1.165, 1.54) is 10.6 Å². The Morgan fingerprint density at radius 1 is 1.36 bits per heavy atom. The highest BCUT2D eigenvalue weighted by atomic mass is 32.2. The standard InChI is InChI=1S/C14H19N5O2S/c1-10-5-13(18-17-10)14-8-15-7-12(16-14)6-11-3-4-19(9-11)22(2,20)21/h5,7-8,11H,3-4,6,9H2,1-2H3,(H,17,18). The van der Waals surface area contributed by atoms with Crippen LogP contribution in [0.4, 0.5) is 0 Å². The molecule has 1 N–H and O–H groups in total. The van der Waals surface area contributed by atoms with Crippen LogP contribution in [0.1, 0.15) is 17.8 Å². The molecule has 0 saturated carbocycles. The minimum atomic E-state index is -3.09. The van der Waals surface area contributed by atoms with E-state index in [1.807, 2.05) is 13.0 Å². The number of aromatic nitrogens is 4. The van der Waals surface area contributed by atoms with Crippen molar-refractivity contribution in [2.24, 2.45) is 5.92 Å². The summed E-state index contributed by atoms with van der Waals surface area (Å²) < 4.78 is 24.7. The normalized spacial score (nSPS) is 19.6. The largest absolute Gasteiger partial charge is 0.282 e. The van der Waals surface area contributed by atoms with Gasteiger partial charge in [0.15, 0.2) is 0 Å². The predicted octanol–water partition coefficient (Wildman–Crippen LogP) is 0.999. The second-order valence-electron chi connectivity index (χ2n) is 5.81. The zero-order valence-corrected chi connectivity index (χ0v) is 13.5. The molecule has 118 valence electrons. The summed E-state index contributed by atoms with van der Waals surface area (Å²) in [5.74, 6) is 0.292. The van der Waals surface area contributed by atoms with Crippen molar-refractivity contribution in [2.75, 3.05) is 19.3 Å². The van der Waals surface area contributed by atoms with Gasteiger partial charge in [0.05, 0.1) is 18.1 Å². The molecular weight excluding hydrogens is 302 g/mol. The molecule has 1 aliphatic rings. The number of sulfonamides is 1. The molecule has 0 spiro atoms. The predicted molar refractivity (Wildman–Crippen MR) is 82.6 cm³/mol. The van der Waals surface area contributed by atoms with Crippen LogP contribution in [0.15, 0.2) is 18.5 Å². The van der Waals surface area contributed by atoms with E-state index in [9.17, 15) is 8.42 Å². The van der Waals surface area contributed by atoms with Gasteiger partial charge in [0.25, 0.3) is 0 Å². The fourth-order valence-electron chi connectivity index (χ4n) is 2.74. The van der Waals surface area contributed by atoms with E-state index in [4.69, 9.17) is 0 Å². The van der Waals surface area contributed by atoms with Crippen molar-refractivity contribution in [1.82, 2.24) is 24.5 Å². The number of hydrogen-bond acceptors (Lipinski definition) is 5. The Balaban J connectivity index is 1.72. The van der Waals surface area contributed by atoms with Gasteiger partial charge in [0.1, 0.15) is 11.4 Å². The summed E-state index contributed by atoms with van der Waals surface area (Å²) in [5.41, 5.74) is 3.36. The van der Waals surface area contributed by atoms with Crippen molar-refractivity contribution in [3.05, 3.63) is 29.8 Å². The van der Waals surface area contributed by atoms with Crippen LogP contribution in [0, 0.1) is 12.8 Å². The molecule has 22 heavy (non-hydrogen) atoms. The molecular formula is C14H19N5O2S. The zero-order chi connectivity index (χ0) is 15.7. The maximum absolute atomic E-state index is 11.6. The van der Waals surface area contributed by atoms with Gasteiger partial charge in [-0.05, 0) is 31.7 Å². The number of aromatic amines is 1. The summed E-state index contributed by atoms with van der Waals surface area (Å²) >= 11 is 0. The molecule has 0 aromatic carbocycles. The summed E-state index contributed by atoms with van der Waals surface area (Å²) in [4.78, 5) is 8.83. The molecule has 0 aliphatic carbocycles. The first-order valence-corrected chi connectivity index (χ1v) is 9.05. The van der Waals surface area contributed by atoms with Crippen LogP contribution in [0.2, 0.25) is 0 Å². The van der Waals surface area contributed by atoms with E-state index in [-0.39, 0.29) is 0 Å². The van der Waals surface area contributed by atoms with Crippen LogP contribution in [-0.4, -0.2) is 52.2 Å². The summed E-state index contributed by atoms with van der Waals surface area (Å²) in [6.07, 6.45) is 6.29. The number of nitrogens with zero attached hydrogens (tertiary/aromatic N) is 4. The Labute approximate surface area is 129 Å². The van der Waals surface area contributed by atoms with Gasteiger partial charge < -0.3 is 0 Å². The van der Waals surface area contributed by atoms with Gasteiger partial charge in [0, 0.05) is 25.0 Å². The molecule has 8 heteroatoms. The second kappa shape index (κ2) is 5.77.